The van der Waals surface area contributed by atoms with E-state index < -0.39 is 11.6 Å². The maximum Gasteiger partial charge on any atom is 0.325 e. The van der Waals surface area contributed by atoms with Crippen molar-refractivity contribution in [3.05, 3.63) is 64.1 Å². The van der Waals surface area contributed by atoms with Crippen LogP contribution in [0.2, 0.25) is 10.0 Å². The molecule has 3 rings (SSSR count). The Labute approximate surface area is 168 Å². The molecule has 27 heavy (non-hydrogen) atoms. The minimum atomic E-state index is -0.912. The number of hydrogen-bond donors (Lipinski definition) is 1. The first-order chi connectivity index (χ1) is 12.9. The van der Waals surface area contributed by atoms with Gasteiger partial charge in [-0.2, -0.15) is 0 Å². The Hall–Kier alpha value is -2.24. The fraction of sp³-hybridized carbons (Fsp3) is 0.300. The van der Waals surface area contributed by atoms with Crippen LogP contribution in [0.5, 0.6) is 5.75 Å². The van der Waals surface area contributed by atoms with Crippen LogP contribution in [0.15, 0.2) is 48.5 Å². The highest BCUT2D eigenvalue weighted by Gasteiger charge is 2.47. The number of nitrogens with one attached hydrogen (secondary N) is 1. The van der Waals surface area contributed by atoms with E-state index >= 15 is 0 Å². The summed E-state index contributed by atoms with van der Waals surface area (Å²) < 4.78 is 5.58. The number of hydrogen-bond acceptors (Lipinski definition) is 3. The minimum absolute atomic E-state index is 0.143. The number of carbonyl (C=O) groups excluding carboxylic acids is 2. The molecule has 0 bridgehead atoms. The van der Waals surface area contributed by atoms with E-state index in [0.29, 0.717) is 28.6 Å². The first-order valence-electron chi connectivity index (χ1n) is 8.65. The van der Waals surface area contributed by atoms with Crippen molar-refractivity contribution in [1.82, 2.24) is 10.2 Å². The average molecular weight is 407 g/mol. The van der Waals surface area contributed by atoms with Gasteiger partial charge in [-0.25, -0.2) is 4.79 Å². The van der Waals surface area contributed by atoms with Crippen LogP contribution in [-0.2, 0) is 11.2 Å². The molecule has 7 heteroatoms. The lowest BCUT2D eigenvalue weighted by Crippen LogP contribution is -2.44. The van der Waals surface area contributed by atoms with Crippen molar-refractivity contribution in [2.75, 3.05) is 13.2 Å². The van der Waals surface area contributed by atoms with E-state index in [-0.39, 0.29) is 19.1 Å². The SMILES string of the molecule is C[C@]1(CCc2ccccc2)NC(=O)N(CCOc2ccc(Cl)cc2Cl)C1=O. The van der Waals surface area contributed by atoms with Crippen molar-refractivity contribution >= 4 is 35.1 Å². The first kappa shape index (κ1) is 19.5. The predicted octanol–water partition coefficient (Wildman–Crippen LogP) is 4.32. The summed E-state index contributed by atoms with van der Waals surface area (Å²) in [6.45, 7) is 2.05. The summed E-state index contributed by atoms with van der Waals surface area (Å²) in [6.07, 6.45) is 1.23. The van der Waals surface area contributed by atoms with Crippen LogP contribution in [-0.4, -0.2) is 35.5 Å². The highest BCUT2D eigenvalue weighted by atomic mass is 35.5. The number of halogens is 2. The topological polar surface area (TPSA) is 58.6 Å². The summed E-state index contributed by atoms with van der Waals surface area (Å²) in [5.41, 5.74) is 0.213. The monoisotopic (exact) mass is 406 g/mol. The molecule has 1 fully saturated rings. The second kappa shape index (κ2) is 8.19. The summed E-state index contributed by atoms with van der Waals surface area (Å²) in [4.78, 5) is 26.2. The van der Waals surface area contributed by atoms with Crippen molar-refractivity contribution in [3.63, 3.8) is 0 Å². The van der Waals surface area contributed by atoms with Gasteiger partial charge in [-0.1, -0.05) is 53.5 Å². The molecule has 1 heterocycles. The Balaban J connectivity index is 1.57. The van der Waals surface area contributed by atoms with Crippen LogP contribution < -0.4 is 10.1 Å². The Morgan fingerprint density at radius 1 is 1.11 bits per heavy atom. The van der Waals surface area contributed by atoms with Crippen LogP contribution in [0.1, 0.15) is 18.9 Å². The van der Waals surface area contributed by atoms with E-state index in [2.05, 4.69) is 5.32 Å². The van der Waals surface area contributed by atoms with E-state index in [9.17, 15) is 9.59 Å². The molecule has 0 aromatic heterocycles. The molecule has 1 N–H and O–H groups in total. The van der Waals surface area contributed by atoms with Gasteiger partial charge in [-0.15, -0.1) is 0 Å². The van der Waals surface area contributed by atoms with E-state index in [1.807, 2.05) is 30.3 Å². The third-order valence-corrected chi connectivity index (χ3v) is 5.10. The van der Waals surface area contributed by atoms with Crippen LogP contribution in [0.3, 0.4) is 0 Å². The average Bonchev–Trinajstić information content (AvgIpc) is 2.86. The highest BCUT2D eigenvalue weighted by Crippen LogP contribution is 2.28. The molecule has 142 valence electrons. The molecule has 0 spiro atoms. The zero-order chi connectivity index (χ0) is 19.4. The molecule has 1 aliphatic heterocycles. The molecule has 2 aromatic rings. The third-order valence-electron chi connectivity index (χ3n) is 4.57. The van der Waals surface area contributed by atoms with Gasteiger partial charge < -0.3 is 10.1 Å². The number of imide groups is 1. The first-order valence-corrected chi connectivity index (χ1v) is 9.40. The summed E-state index contributed by atoms with van der Waals surface area (Å²) in [5.74, 6) is 0.217. The molecule has 5 nitrogen and oxygen atoms in total. The smallest absolute Gasteiger partial charge is 0.325 e. The molecule has 1 atom stereocenters. The largest absolute Gasteiger partial charge is 0.490 e. The second-order valence-electron chi connectivity index (χ2n) is 6.63. The van der Waals surface area contributed by atoms with E-state index in [1.165, 1.54) is 4.90 Å². The van der Waals surface area contributed by atoms with Crippen molar-refractivity contribution < 1.29 is 14.3 Å². The van der Waals surface area contributed by atoms with E-state index in [0.717, 1.165) is 5.56 Å². The number of carbonyl (C=O) groups is 2. The Morgan fingerprint density at radius 2 is 1.85 bits per heavy atom. The molecule has 0 aliphatic carbocycles. The summed E-state index contributed by atoms with van der Waals surface area (Å²) in [6, 6.07) is 14.4. The van der Waals surface area contributed by atoms with Gasteiger partial charge in [0.25, 0.3) is 5.91 Å². The lowest BCUT2D eigenvalue weighted by Gasteiger charge is -2.21. The number of nitrogens with zero attached hydrogens (tertiary/aromatic N) is 1. The van der Waals surface area contributed by atoms with Gasteiger partial charge in [0, 0.05) is 5.02 Å². The van der Waals surface area contributed by atoms with Crippen molar-refractivity contribution in [3.8, 4) is 5.75 Å². The van der Waals surface area contributed by atoms with E-state index in [4.69, 9.17) is 27.9 Å². The van der Waals surface area contributed by atoms with Gasteiger partial charge in [-0.05, 0) is 43.5 Å². The van der Waals surface area contributed by atoms with Gasteiger partial charge in [0.05, 0.1) is 11.6 Å². The molecular formula is C20H20Cl2N2O3. The van der Waals surface area contributed by atoms with Crippen molar-refractivity contribution in [2.45, 2.75) is 25.3 Å². The van der Waals surface area contributed by atoms with Crippen molar-refractivity contribution in [2.24, 2.45) is 0 Å². The fourth-order valence-corrected chi connectivity index (χ4v) is 3.46. The molecule has 0 radical (unpaired) electrons. The quantitative estimate of drug-likeness (QED) is 0.696. The third kappa shape index (κ3) is 4.54. The standard InChI is InChI=1S/C20H20Cl2N2O3/c1-20(10-9-14-5-3-2-4-6-14)18(25)24(19(26)23-20)11-12-27-17-8-7-15(21)13-16(17)22/h2-8,13H,9-12H2,1H3,(H,23,26)/t20-/m1/s1. The number of rotatable bonds is 7. The number of benzene rings is 2. The zero-order valence-corrected chi connectivity index (χ0v) is 16.4. The summed E-state index contributed by atoms with van der Waals surface area (Å²) >= 11 is 11.9. The van der Waals surface area contributed by atoms with Gasteiger partial charge in [0.15, 0.2) is 0 Å². The number of aryl methyl sites for hydroxylation is 1. The maximum absolute atomic E-state index is 12.8. The lowest BCUT2D eigenvalue weighted by molar-refractivity contribution is -0.131. The molecule has 2 aromatic carbocycles. The molecule has 3 amide bonds. The van der Waals surface area contributed by atoms with Gasteiger partial charge in [0.1, 0.15) is 17.9 Å². The second-order valence-corrected chi connectivity index (χ2v) is 7.47. The van der Waals surface area contributed by atoms with Gasteiger partial charge in [0.2, 0.25) is 0 Å². The highest BCUT2D eigenvalue weighted by molar-refractivity contribution is 6.35. The van der Waals surface area contributed by atoms with Crippen LogP contribution in [0.4, 0.5) is 4.79 Å². The van der Waals surface area contributed by atoms with Crippen LogP contribution in [0, 0.1) is 0 Å². The minimum Gasteiger partial charge on any atom is -0.490 e. The predicted molar refractivity (Wildman–Crippen MR) is 105 cm³/mol. The lowest BCUT2D eigenvalue weighted by atomic mass is 9.93. The zero-order valence-electron chi connectivity index (χ0n) is 14.9. The van der Waals surface area contributed by atoms with Gasteiger partial charge in [-0.3, -0.25) is 9.69 Å². The number of amides is 3. The fourth-order valence-electron chi connectivity index (χ4n) is 3.00. The van der Waals surface area contributed by atoms with Crippen molar-refractivity contribution in [1.29, 1.82) is 0 Å². The normalized spacial score (nSPS) is 19.3. The molecule has 0 unspecified atom stereocenters. The van der Waals surface area contributed by atoms with Crippen LogP contribution in [0.25, 0.3) is 0 Å². The molecular weight excluding hydrogens is 387 g/mol. The van der Waals surface area contributed by atoms with Crippen LogP contribution >= 0.6 is 23.2 Å². The van der Waals surface area contributed by atoms with E-state index in [1.54, 1.807) is 25.1 Å². The summed E-state index contributed by atoms with van der Waals surface area (Å²) in [7, 11) is 0. The Bertz CT molecular complexity index is 844. The number of urea groups is 1. The number of ether oxygens (including phenoxy) is 1. The van der Waals surface area contributed by atoms with Gasteiger partial charge >= 0.3 is 6.03 Å². The molecule has 1 aliphatic rings. The Kier molecular flexibility index (Phi) is 5.92. The molecule has 0 saturated carbocycles. The summed E-state index contributed by atoms with van der Waals surface area (Å²) in [5, 5.41) is 3.70. The Morgan fingerprint density at radius 3 is 2.56 bits per heavy atom. The maximum atomic E-state index is 12.8. The molecule has 1 saturated heterocycles.